The van der Waals surface area contributed by atoms with Gasteiger partial charge in [-0.2, -0.15) is 0 Å². The van der Waals surface area contributed by atoms with Crippen molar-refractivity contribution < 1.29 is 27.4 Å². The third-order valence-electron chi connectivity index (χ3n) is 3.96. The zero-order chi connectivity index (χ0) is 20.1. The van der Waals surface area contributed by atoms with E-state index in [1.165, 1.54) is 12.1 Å². The maximum atomic E-state index is 12.3. The van der Waals surface area contributed by atoms with Crippen LogP contribution in [0.5, 0.6) is 5.75 Å². The van der Waals surface area contributed by atoms with Gasteiger partial charge in [0.25, 0.3) is 5.91 Å². The first kappa shape index (κ1) is 19.9. The summed E-state index contributed by atoms with van der Waals surface area (Å²) in [7, 11) is 0. The zero-order valence-corrected chi connectivity index (χ0v) is 15.1. The third kappa shape index (κ3) is 5.56. The largest absolute Gasteiger partial charge is 0.573 e. The summed E-state index contributed by atoms with van der Waals surface area (Å²) in [6, 6.07) is 6.72. The second-order valence-electron chi connectivity index (χ2n) is 6.14. The number of morpholine rings is 1. The molecule has 1 N–H and O–H groups in total. The van der Waals surface area contributed by atoms with Crippen LogP contribution in [0.4, 0.5) is 19.0 Å². The summed E-state index contributed by atoms with van der Waals surface area (Å²) in [5, 5.41) is 2.62. The molecular formula is C18H19F3N4O3. The van der Waals surface area contributed by atoms with Crippen molar-refractivity contribution in [2.24, 2.45) is 0 Å². The molecule has 0 bridgehead atoms. The summed E-state index contributed by atoms with van der Waals surface area (Å²) in [6.07, 6.45) is -4.82. The van der Waals surface area contributed by atoms with Crippen molar-refractivity contribution in [2.75, 3.05) is 31.2 Å². The monoisotopic (exact) mass is 396 g/mol. The molecule has 0 atom stereocenters. The Balaban J connectivity index is 1.66. The molecule has 7 nitrogen and oxygen atoms in total. The molecule has 10 heteroatoms. The van der Waals surface area contributed by atoms with Gasteiger partial charge in [0.2, 0.25) is 0 Å². The molecule has 0 unspecified atom stereocenters. The fraction of sp³-hybridized carbons (Fsp3) is 0.389. The van der Waals surface area contributed by atoms with E-state index in [4.69, 9.17) is 4.74 Å². The second-order valence-corrected chi connectivity index (χ2v) is 6.14. The van der Waals surface area contributed by atoms with Crippen molar-refractivity contribution in [1.82, 2.24) is 15.3 Å². The van der Waals surface area contributed by atoms with Gasteiger partial charge in [0.05, 0.1) is 19.8 Å². The van der Waals surface area contributed by atoms with Gasteiger partial charge in [-0.3, -0.25) is 4.79 Å². The Morgan fingerprint density at radius 3 is 2.71 bits per heavy atom. The van der Waals surface area contributed by atoms with Gasteiger partial charge < -0.3 is 19.7 Å². The summed E-state index contributed by atoms with van der Waals surface area (Å²) in [5.41, 5.74) is 0.795. The van der Waals surface area contributed by atoms with Crippen molar-refractivity contribution in [2.45, 2.75) is 19.8 Å². The van der Waals surface area contributed by atoms with Crippen LogP contribution in [0.1, 0.15) is 21.9 Å². The number of ether oxygens (including phenoxy) is 2. The van der Waals surface area contributed by atoms with E-state index in [0.717, 1.165) is 23.6 Å². The number of nitrogens with one attached hydrogen (secondary N) is 1. The summed E-state index contributed by atoms with van der Waals surface area (Å²) in [6.45, 7) is 4.54. The van der Waals surface area contributed by atoms with Crippen molar-refractivity contribution in [1.29, 1.82) is 0 Å². The molecule has 1 aliphatic rings. The molecule has 28 heavy (non-hydrogen) atoms. The molecule has 1 fully saturated rings. The van der Waals surface area contributed by atoms with E-state index in [1.54, 1.807) is 0 Å². The van der Waals surface area contributed by atoms with E-state index >= 15 is 0 Å². The standard InChI is InChI=1S/C18H19F3N4O3/c1-12-9-16(25-5-7-27-8-6-25)24-15(23-12)11-22-17(26)13-3-2-4-14(10-13)28-18(19,20)21/h2-4,9-10H,5-8,11H2,1H3,(H,22,26). The van der Waals surface area contributed by atoms with E-state index in [9.17, 15) is 18.0 Å². The molecule has 1 aromatic heterocycles. The van der Waals surface area contributed by atoms with Crippen LogP contribution in [-0.2, 0) is 11.3 Å². The highest BCUT2D eigenvalue weighted by molar-refractivity contribution is 5.94. The average Bonchev–Trinajstić information content (AvgIpc) is 2.65. The molecule has 150 valence electrons. The first-order valence-electron chi connectivity index (χ1n) is 8.61. The predicted octanol–water partition coefficient (Wildman–Crippen LogP) is 2.45. The van der Waals surface area contributed by atoms with Gasteiger partial charge in [0.1, 0.15) is 17.4 Å². The second kappa shape index (κ2) is 8.42. The Kier molecular flexibility index (Phi) is 5.98. The number of hydrogen-bond donors (Lipinski definition) is 1. The van der Waals surface area contributed by atoms with E-state index in [1.807, 2.05) is 13.0 Å². The number of aryl methyl sites for hydroxylation is 1. The highest BCUT2D eigenvalue weighted by Crippen LogP contribution is 2.23. The number of carbonyl (C=O) groups excluding carboxylic acids is 1. The Morgan fingerprint density at radius 2 is 2.00 bits per heavy atom. The lowest BCUT2D eigenvalue weighted by Crippen LogP contribution is -2.37. The molecule has 3 rings (SSSR count). The van der Waals surface area contributed by atoms with Crippen LogP contribution in [-0.4, -0.2) is 48.5 Å². The van der Waals surface area contributed by atoms with Crippen molar-refractivity contribution in [3.05, 3.63) is 47.4 Å². The van der Waals surface area contributed by atoms with Crippen LogP contribution in [0.3, 0.4) is 0 Å². The van der Waals surface area contributed by atoms with Gasteiger partial charge >= 0.3 is 6.36 Å². The lowest BCUT2D eigenvalue weighted by molar-refractivity contribution is -0.274. The Hall–Kier alpha value is -2.88. The summed E-state index contributed by atoms with van der Waals surface area (Å²) >= 11 is 0. The molecule has 0 aliphatic carbocycles. The van der Waals surface area contributed by atoms with Gasteiger partial charge in [-0.1, -0.05) is 6.07 Å². The van der Waals surface area contributed by atoms with Crippen LogP contribution in [0.15, 0.2) is 30.3 Å². The van der Waals surface area contributed by atoms with Crippen LogP contribution in [0, 0.1) is 6.92 Å². The number of rotatable bonds is 5. The lowest BCUT2D eigenvalue weighted by atomic mass is 10.2. The fourth-order valence-corrected chi connectivity index (χ4v) is 2.74. The quantitative estimate of drug-likeness (QED) is 0.837. The highest BCUT2D eigenvalue weighted by Gasteiger charge is 2.31. The molecule has 0 radical (unpaired) electrons. The van der Waals surface area contributed by atoms with Crippen molar-refractivity contribution >= 4 is 11.7 Å². The van der Waals surface area contributed by atoms with E-state index < -0.39 is 18.0 Å². The fourth-order valence-electron chi connectivity index (χ4n) is 2.74. The first-order valence-corrected chi connectivity index (χ1v) is 8.61. The number of alkyl halides is 3. The average molecular weight is 396 g/mol. The molecule has 0 saturated carbocycles. The van der Waals surface area contributed by atoms with Crippen LogP contribution in [0.2, 0.25) is 0 Å². The number of benzene rings is 1. The number of anilines is 1. The van der Waals surface area contributed by atoms with E-state index in [-0.39, 0.29) is 12.1 Å². The normalized spacial score (nSPS) is 14.6. The SMILES string of the molecule is Cc1cc(N2CCOCC2)nc(CNC(=O)c2cccc(OC(F)(F)F)c2)n1. The summed E-state index contributed by atoms with van der Waals surface area (Å²) < 4.78 is 46.1. The van der Waals surface area contributed by atoms with E-state index in [2.05, 4.69) is 24.9 Å². The lowest BCUT2D eigenvalue weighted by Gasteiger charge is -2.28. The van der Waals surface area contributed by atoms with Crippen molar-refractivity contribution in [3.8, 4) is 5.75 Å². The molecule has 2 aromatic rings. The number of carbonyl (C=O) groups is 1. The van der Waals surface area contributed by atoms with Gasteiger partial charge in [-0.15, -0.1) is 13.2 Å². The molecule has 1 aliphatic heterocycles. The number of aromatic nitrogens is 2. The zero-order valence-electron chi connectivity index (χ0n) is 15.1. The molecule has 1 saturated heterocycles. The minimum Gasteiger partial charge on any atom is -0.406 e. The molecule has 2 heterocycles. The first-order chi connectivity index (χ1) is 13.3. The van der Waals surface area contributed by atoms with Gasteiger partial charge in [0, 0.05) is 30.4 Å². The van der Waals surface area contributed by atoms with Crippen molar-refractivity contribution in [3.63, 3.8) is 0 Å². The topological polar surface area (TPSA) is 76.6 Å². The predicted molar refractivity (Wildman–Crippen MR) is 94.1 cm³/mol. The van der Waals surface area contributed by atoms with Gasteiger partial charge in [0.15, 0.2) is 0 Å². The number of nitrogens with zero attached hydrogens (tertiary/aromatic N) is 3. The van der Waals surface area contributed by atoms with Gasteiger partial charge in [-0.05, 0) is 25.1 Å². The molecule has 0 spiro atoms. The Bertz CT molecular complexity index is 839. The smallest absolute Gasteiger partial charge is 0.406 e. The molecular weight excluding hydrogens is 377 g/mol. The number of amides is 1. The molecule has 1 amide bonds. The maximum absolute atomic E-state index is 12.3. The minimum absolute atomic E-state index is 0.0439. The van der Waals surface area contributed by atoms with E-state index in [0.29, 0.717) is 32.1 Å². The van der Waals surface area contributed by atoms with Crippen LogP contribution >= 0.6 is 0 Å². The number of hydrogen-bond acceptors (Lipinski definition) is 6. The van der Waals surface area contributed by atoms with Gasteiger partial charge in [-0.25, -0.2) is 9.97 Å². The number of halogens is 3. The summed E-state index contributed by atoms with van der Waals surface area (Å²) in [4.78, 5) is 23.1. The van der Waals surface area contributed by atoms with Crippen LogP contribution < -0.4 is 15.0 Å². The summed E-state index contributed by atoms with van der Waals surface area (Å²) in [5.74, 6) is 0.158. The van der Waals surface area contributed by atoms with Crippen LogP contribution in [0.25, 0.3) is 0 Å². The highest BCUT2D eigenvalue weighted by atomic mass is 19.4. The molecule has 1 aromatic carbocycles. The maximum Gasteiger partial charge on any atom is 0.573 e. The Morgan fingerprint density at radius 1 is 1.25 bits per heavy atom. The Labute approximate surface area is 159 Å². The third-order valence-corrected chi connectivity index (χ3v) is 3.96. The minimum atomic E-state index is -4.82.